The molecule has 0 fully saturated rings. The molecule has 2 aromatic heterocycles. The first-order chi connectivity index (χ1) is 17.0. The number of ether oxygens (including phenoxy) is 1. The average molecular weight is 492 g/mol. The number of halogens is 1. The number of carboxylic acids is 1. The minimum atomic E-state index is -0.971. The van der Waals surface area contributed by atoms with Gasteiger partial charge >= 0.3 is 5.97 Å². The van der Waals surface area contributed by atoms with Crippen molar-refractivity contribution in [3.63, 3.8) is 0 Å². The van der Waals surface area contributed by atoms with Crippen molar-refractivity contribution < 1.29 is 19.0 Å². The lowest BCUT2D eigenvalue weighted by Crippen LogP contribution is -2.13. The number of fused-ring (bicyclic) bond motifs is 1. The molecule has 8 nitrogen and oxygen atoms in total. The highest BCUT2D eigenvalue weighted by Gasteiger charge is 2.16. The molecule has 2 N–H and O–H groups in total. The van der Waals surface area contributed by atoms with Crippen LogP contribution in [0.1, 0.15) is 23.0 Å². The number of carboxylic acid groups (broad SMARTS) is 1. The Labute approximate surface area is 205 Å². The second-order valence-corrected chi connectivity index (χ2v) is 8.78. The molecule has 0 aliphatic heterocycles. The van der Waals surface area contributed by atoms with Gasteiger partial charge in [-0.1, -0.05) is 13.0 Å². The number of hydrogen-bond donors (Lipinski definition) is 2. The first-order valence-corrected chi connectivity index (χ1v) is 11.8. The highest BCUT2D eigenvalue weighted by atomic mass is 32.2. The molecule has 4 aromatic rings. The number of hydrogen-bond acceptors (Lipinski definition) is 7. The van der Waals surface area contributed by atoms with Crippen molar-refractivity contribution in [2.45, 2.75) is 18.4 Å². The quantitative estimate of drug-likeness (QED) is 0.313. The van der Waals surface area contributed by atoms with Gasteiger partial charge in [-0.2, -0.15) is 5.26 Å². The maximum atomic E-state index is 14.6. The highest BCUT2D eigenvalue weighted by molar-refractivity contribution is 7.99. The van der Waals surface area contributed by atoms with Gasteiger partial charge in [0.1, 0.15) is 35.5 Å². The standard InChI is InChI=1S/C25H22FN5O3S/c1-3-35-22-10-15(4-5-17(22)25(32)33)20-12-23(30-14-29-20)28-8-9-31-16(13-27)11-18-21(34-2)7-6-19(26)24(18)31/h4-7,10-12,14H,3,8-9H2,1-2H3,(H,32,33)(H,28,29,30). The molecule has 0 aliphatic rings. The Morgan fingerprint density at radius 1 is 1.26 bits per heavy atom. The van der Waals surface area contributed by atoms with Crippen LogP contribution in [0.2, 0.25) is 0 Å². The molecule has 0 saturated carbocycles. The van der Waals surface area contributed by atoms with E-state index in [-0.39, 0.29) is 5.56 Å². The number of methoxy groups -OCH3 is 1. The summed E-state index contributed by atoms with van der Waals surface area (Å²) in [5.41, 5.74) is 2.30. The van der Waals surface area contributed by atoms with Crippen molar-refractivity contribution in [3.8, 4) is 23.1 Å². The lowest BCUT2D eigenvalue weighted by Gasteiger charge is -2.11. The lowest BCUT2D eigenvalue weighted by atomic mass is 10.1. The first-order valence-electron chi connectivity index (χ1n) is 10.8. The third kappa shape index (κ3) is 4.90. The highest BCUT2D eigenvalue weighted by Crippen LogP contribution is 2.31. The summed E-state index contributed by atoms with van der Waals surface area (Å²) in [5.74, 6) is 0.388. The van der Waals surface area contributed by atoms with E-state index in [4.69, 9.17) is 4.74 Å². The SMILES string of the molecule is CCSc1cc(-c2cc(NCCn3c(C#N)cc4c(OC)ccc(F)c43)ncn2)ccc1C(=O)O. The molecule has 2 heterocycles. The number of nitrogens with zero attached hydrogens (tertiary/aromatic N) is 4. The summed E-state index contributed by atoms with van der Waals surface area (Å²) >= 11 is 1.46. The fourth-order valence-electron chi connectivity index (χ4n) is 3.86. The van der Waals surface area contributed by atoms with Gasteiger partial charge in [-0.15, -0.1) is 11.8 Å². The third-order valence-corrected chi connectivity index (χ3v) is 6.36. The van der Waals surface area contributed by atoms with Crippen LogP contribution in [0.3, 0.4) is 0 Å². The fraction of sp³-hybridized carbons (Fsp3) is 0.200. The summed E-state index contributed by atoms with van der Waals surface area (Å²) in [4.78, 5) is 20.7. The molecule has 35 heavy (non-hydrogen) atoms. The summed E-state index contributed by atoms with van der Waals surface area (Å²) < 4.78 is 21.5. The van der Waals surface area contributed by atoms with Crippen LogP contribution in [-0.2, 0) is 6.54 Å². The molecule has 0 radical (unpaired) electrons. The normalized spacial score (nSPS) is 10.8. The maximum Gasteiger partial charge on any atom is 0.336 e. The zero-order valence-electron chi connectivity index (χ0n) is 19.1. The van der Waals surface area contributed by atoms with Gasteiger partial charge < -0.3 is 19.7 Å². The van der Waals surface area contributed by atoms with Crippen molar-refractivity contribution in [1.82, 2.24) is 14.5 Å². The van der Waals surface area contributed by atoms with Gasteiger partial charge in [0.05, 0.1) is 23.9 Å². The van der Waals surface area contributed by atoms with Crippen LogP contribution in [0.15, 0.2) is 53.7 Å². The molecule has 0 spiro atoms. The second-order valence-electron chi connectivity index (χ2n) is 7.47. The van der Waals surface area contributed by atoms with E-state index in [0.717, 1.165) is 11.3 Å². The Bertz CT molecular complexity index is 1450. The monoisotopic (exact) mass is 491 g/mol. The summed E-state index contributed by atoms with van der Waals surface area (Å²) in [6.45, 7) is 2.66. The van der Waals surface area contributed by atoms with E-state index < -0.39 is 11.8 Å². The van der Waals surface area contributed by atoms with Crippen LogP contribution < -0.4 is 10.1 Å². The zero-order valence-corrected chi connectivity index (χ0v) is 19.9. The first kappa shape index (κ1) is 24.0. The molecule has 0 amide bonds. The van der Waals surface area contributed by atoms with Crippen LogP contribution in [0.25, 0.3) is 22.2 Å². The maximum absolute atomic E-state index is 14.6. The Hall–Kier alpha value is -4.10. The summed E-state index contributed by atoms with van der Waals surface area (Å²) in [6.07, 6.45) is 1.42. The van der Waals surface area contributed by atoms with Gasteiger partial charge in [0.25, 0.3) is 0 Å². The molecule has 178 valence electrons. The van der Waals surface area contributed by atoms with Crippen LogP contribution in [-0.4, -0.2) is 45.0 Å². The van der Waals surface area contributed by atoms with Gasteiger partial charge in [0.2, 0.25) is 0 Å². The number of rotatable bonds is 9. The molecule has 0 unspecified atom stereocenters. The molecule has 2 aromatic carbocycles. The van der Waals surface area contributed by atoms with E-state index in [0.29, 0.717) is 51.8 Å². The number of nitriles is 1. The smallest absolute Gasteiger partial charge is 0.336 e. The Balaban J connectivity index is 1.56. The van der Waals surface area contributed by atoms with Crippen LogP contribution in [0, 0.1) is 17.1 Å². The van der Waals surface area contributed by atoms with Gasteiger partial charge in [0, 0.05) is 35.0 Å². The predicted molar refractivity (Wildman–Crippen MR) is 132 cm³/mol. The largest absolute Gasteiger partial charge is 0.496 e. The van der Waals surface area contributed by atoms with E-state index in [1.807, 2.05) is 13.0 Å². The Kier molecular flexibility index (Phi) is 7.17. The number of benzene rings is 2. The lowest BCUT2D eigenvalue weighted by molar-refractivity contribution is 0.0693. The van der Waals surface area contributed by atoms with Gasteiger partial charge in [-0.05, 0) is 36.1 Å². The number of aromatic carboxylic acids is 1. The third-order valence-electron chi connectivity index (χ3n) is 5.42. The summed E-state index contributed by atoms with van der Waals surface area (Å²) in [5, 5.41) is 22.7. The van der Waals surface area contributed by atoms with Crippen molar-refractivity contribution in [3.05, 3.63) is 65.9 Å². The Morgan fingerprint density at radius 3 is 2.80 bits per heavy atom. The molecular weight excluding hydrogens is 469 g/mol. The number of carbonyl (C=O) groups is 1. The predicted octanol–water partition coefficient (Wildman–Crippen LogP) is 5.04. The van der Waals surface area contributed by atoms with Crippen LogP contribution in [0.4, 0.5) is 10.2 Å². The van der Waals surface area contributed by atoms with Crippen molar-refractivity contribution in [2.24, 2.45) is 0 Å². The molecule has 4 rings (SSSR count). The fourth-order valence-corrected chi connectivity index (χ4v) is 4.69. The minimum Gasteiger partial charge on any atom is -0.496 e. The van der Waals surface area contributed by atoms with E-state index in [1.54, 1.807) is 28.8 Å². The van der Waals surface area contributed by atoms with E-state index in [1.165, 1.54) is 37.3 Å². The molecule has 0 atom stereocenters. The zero-order chi connectivity index (χ0) is 24.9. The number of aromatic nitrogens is 3. The second kappa shape index (κ2) is 10.4. The van der Waals surface area contributed by atoms with E-state index >= 15 is 0 Å². The minimum absolute atomic E-state index is 0.254. The van der Waals surface area contributed by atoms with Gasteiger partial charge in [-0.3, -0.25) is 0 Å². The van der Waals surface area contributed by atoms with Crippen LogP contribution >= 0.6 is 11.8 Å². The summed E-state index contributed by atoms with van der Waals surface area (Å²) in [6, 6.07) is 13.5. The molecule has 10 heteroatoms. The van der Waals surface area contributed by atoms with Crippen molar-refractivity contribution >= 4 is 34.5 Å². The van der Waals surface area contributed by atoms with Gasteiger partial charge in [-0.25, -0.2) is 19.2 Å². The van der Waals surface area contributed by atoms with E-state index in [2.05, 4.69) is 21.4 Å². The number of thioether (sulfide) groups is 1. The topological polar surface area (TPSA) is 113 Å². The van der Waals surface area contributed by atoms with E-state index in [9.17, 15) is 19.6 Å². The molecule has 0 bridgehead atoms. The van der Waals surface area contributed by atoms with Crippen molar-refractivity contribution in [2.75, 3.05) is 24.7 Å². The molecular formula is C25H22FN5O3S. The average Bonchev–Trinajstić information content (AvgIpc) is 3.24. The number of nitrogens with one attached hydrogen (secondary N) is 1. The van der Waals surface area contributed by atoms with Crippen molar-refractivity contribution in [1.29, 1.82) is 5.26 Å². The van der Waals surface area contributed by atoms with Crippen LogP contribution in [0.5, 0.6) is 5.75 Å². The summed E-state index contributed by atoms with van der Waals surface area (Å²) in [7, 11) is 1.50. The molecule has 0 saturated heterocycles. The number of anilines is 1. The molecule has 0 aliphatic carbocycles. The van der Waals surface area contributed by atoms with Gasteiger partial charge in [0.15, 0.2) is 0 Å². The Morgan fingerprint density at radius 2 is 2.09 bits per heavy atom.